The molecule has 1 aliphatic heterocycles. The number of carbonyl (C=O) groups is 1. The standard InChI is InChI=1S/C18H14N4O2S/c23-16(11-25-18-20-13-6-2-4-8-15(13)24-18)22-10-9-21-14-7-3-1-5-12(14)19-17(21)22/h1-8H,9-11H2. The van der Waals surface area contributed by atoms with Crippen molar-refractivity contribution in [2.75, 3.05) is 17.2 Å². The van der Waals surface area contributed by atoms with E-state index in [0.29, 0.717) is 11.8 Å². The van der Waals surface area contributed by atoms with Gasteiger partial charge in [-0.05, 0) is 24.3 Å². The van der Waals surface area contributed by atoms with Gasteiger partial charge in [-0.25, -0.2) is 9.97 Å². The zero-order valence-electron chi connectivity index (χ0n) is 13.3. The third-order valence-corrected chi connectivity index (χ3v) is 5.13. The van der Waals surface area contributed by atoms with E-state index in [2.05, 4.69) is 14.5 Å². The van der Waals surface area contributed by atoms with Crippen LogP contribution in [0, 0.1) is 0 Å². The molecule has 6 nitrogen and oxygen atoms in total. The zero-order valence-corrected chi connectivity index (χ0v) is 14.1. The maximum Gasteiger partial charge on any atom is 0.257 e. The fraction of sp³-hybridized carbons (Fsp3) is 0.167. The quantitative estimate of drug-likeness (QED) is 0.530. The number of nitrogens with zero attached hydrogens (tertiary/aromatic N) is 4. The van der Waals surface area contributed by atoms with Crippen molar-refractivity contribution in [2.24, 2.45) is 0 Å². The predicted molar refractivity (Wildman–Crippen MR) is 96.8 cm³/mol. The van der Waals surface area contributed by atoms with Gasteiger partial charge in [-0.3, -0.25) is 9.69 Å². The van der Waals surface area contributed by atoms with Crippen LogP contribution in [0.2, 0.25) is 0 Å². The van der Waals surface area contributed by atoms with E-state index in [9.17, 15) is 4.79 Å². The second kappa shape index (κ2) is 5.63. The van der Waals surface area contributed by atoms with Gasteiger partial charge in [0, 0.05) is 13.1 Å². The Labute approximate surface area is 147 Å². The number of carbonyl (C=O) groups excluding carboxylic acids is 1. The summed E-state index contributed by atoms with van der Waals surface area (Å²) in [5, 5.41) is 0.516. The number of oxazole rings is 1. The van der Waals surface area contributed by atoms with E-state index in [1.165, 1.54) is 11.8 Å². The fourth-order valence-electron chi connectivity index (χ4n) is 3.14. The lowest BCUT2D eigenvalue weighted by Gasteiger charge is -2.12. The minimum atomic E-state index is 0.0151. The van der Waals surface area contributed by atoms with E-state index in [1.54, 1.807) is 4.90 Å². The second-order valence-corrected chi connectivity index (χ2v) is 6.76. The Hall–Kier alpha value is -2.80. The van der Waals surface area contributed by atoms with E-state index < -0.39 is 0 Å². The van der Waals surface area contributed by atoms with Crippen LogP contribution in [0.3, 0.4) is 0 Å². The van der Waals surface area contributed by atoms with Crippen LogP contribution in [-0.4, -0.2) is 32.7 Å². The first-order chi connectivity index (χ1) is 12.3. The molecule has 0 saturated carbocycles. The average Bonchev–Trinajstić information content (AvgIpc) is 3.32. The SMILES string of the molecule is O=C(CSc1nc2ccccc2o1)N1CCn2c1nc1ccccc12. The third-order valence-electron chi connectivity index (χ3n) is 4.32. The van der Waals surface area contributed by atoms with Crippen LogP contribution in [-0.2, 0) is 11.3 Å². The van der Waals surface area contributed by atoms with Gasteiger partial charge in [-0.1, -0.05) is 36.0 Å². The maximum absolute atomic E-state index is 12.7. The van der Waals surface area contributed by atoms with Crippen LogP contribution in [0.1, 0.15) is 0 Å². The predicted octanol–water partition coefficient (Wildman–Crippen LogP) is 3.32. The largest absolute Gasteiger partial charge is 0.431 e. The molecular weight excluding hydrogens is 336 g/mol. The highest BCUT2D eigenvalue weighted by molar-refractivity contribution is 7.99. The maximum atomic E-state index is 12.7. The van der Waals surface area contributed by atoms with Gasteiger partial charge < -0.3 is 8.98 Å². The Morgan fingerprint density at radius 3 is 2.72 bits per heavy atom. The smallest absolute Gasteiger partial charge is 0.257 e. The number of fused-ring (bicyclic) bond motifs is 4. The van der Waals surface area contributed by atoms with Gasteiger partial charge in [0.25, 0.3) is 5.22 Å². The van der Waals surface area contributed by atoms with E-state index >= 15 is 0 Å². The van der Waals surface area contributed by atoms with Crippen molar-refractivity contribution >= 4 is 45.8 Å². The molecule has 5 rings (SSSR count). The van der Waals surface area contributed by atoms with Crippen molar-refractivity contribution in [2.45, 2.75) is 11.8 Å². The van der Waals surface area contributed by atoms with Crippen LogP contribution >= 0.6 is 11.8 Å². The molecule has 3 heterocycles. The summed E-state index contributed by atoms with van der Waals surface area (Å²) in [4.78, 5) is 23.4. The molecule has 124 valence electrons. The molecule has 0 bridgehead atoms. The minimum absolute atomic E-state index is 0.0151. The summed E-state index contributed by atoms with van der Waals surface area (Å²) in [6.07, 6.45) is 0. The highest BCUT2D eigenvalue weighted by Crippen LogP contribution is 2.29. The Kier molecular flexibility index (Phi) is 3.27. The van der Waals surface area contributed by atoms with E-state index in [4.69, 9.17) is 4.42 Å². The fourth-order valence-corrected chi connectivity index (χ4v) is 3.85. The Morgan fingerprint density at radius 1 is 1.04 bits per heavy atom. The first-order valence-electron chi connectivity index (χ1n) is 8.03. The van der Waals surface area contributed by atoms with Crippen LogP contribution < -0.4 is 4.90 Å². The van der Waals surface area contributed by atoms with Gasteiger partial charge in [0.2, 0.25) is 11.9 Å². The molecule has 7 heteroatoms. The molecule has 0 saturated heterocycles. The molecule has 1 aliphatic rings. The van der Waals surface area contributed by atoms with Crippen molar-refractivity contribution in [3.63, 3.8) is 0 Å². The number of para-hydroxylation sites is 4. The summed E-state index contributed by atoms with van der Waals surface area (Å²) in [6.45, 7) is 1.43. The number of anilines is 1. The summed E-state index contributed by atoms with van der Waals surface area (Å²) >= 11 is 1.32. The molecule has 1 amide bonds. The lowest BCUT2D eigenvalue weighted by molar-refractivity contribution is -0.116. The number of amides is 1. The molecular formula is C18H14N4O2S. The molecule has 2 aromatic heterocycles. The Morgan fingerprint density at radius 2 is 1.84 bits per heavy atom. The van der Waals surface area contributed by atoms with Crippen molar-refractivity contribution < 1.29 is 9.21 Å². The third kappa shape index (κ3) is 2.39. The average molecular weight is 350 g/mol. The Balaban J connectivity index is 1.35. The molecule has 0 aliphatic carbocycles. The molecule has 0 N–H and O–H groups in total. The molecule has 0 radical (unpaired) electrons. The number of aromatic nitrogens is 3. The number of benzene rings is 2. The van der Waals surface area contributed by atoms with Gasteiger partial charge in [0.1, 0.15) is 5.52 Å². The van der Waals surface area contributed by atoms with Crippen molar-refractivity contribution in [3.8, 4) is 0 Å². The lowest BCUT2D eigenvalue weighted by Crippen LogP contribution is -2.31. The first-order valence-corrected chi connectivity index (χ1v) is 9.02. The van der Waals surface area contributed by atoms with E-state index in [-0.39, 0.29) is 11.7 Å². The summed E-state index contributed by atoms with van der Waals surface area (Å²) in [5.41, 5.74) is 3.53. The van der Waals surface area contributed by atoms with Crippen molar-refractivity contribution in [1.82, 2.24) is 14.5 Å². The van der Waals surface area contributed by atoms with Gasteiger partial charge in [0.05, 0.1) is 16.8 Å². The lowest BCUT2D eigenvalue weighted by atomic mass is 10.3. The number of rotatable bonds is 3. The van der Waals surface area contributed by atoms with Crippen LogP contribution in [0.15, 0.2) is 58.2 Å². The van der Waals surface area contributed by atoms with Gasteiger partial charge >= 0.3 is 0 Å². The summed E-state index contributed by atoms with van der Waals surface area (Å²) < 4.78 is 7.75. The molecule has 0 spiro atoms. The van der Waals surface area contributed by atoms with Gasteiger partial charge in [-0.15, -0.1) is 0 Å². The van der Waals surface area contributed by atoms with E-state index in [0.717, 1.165) is 34.6 Å². The Bertz CT molecular complexity index is 1070. The van der Waals surface area contributed by atoms with Crippen LogP contribution in [0.5, 0.6) is 0 Å². The monoisotopic (exact) mass is 350 g/mol. The summed E-state index contributed by atoms with van der Waals surface area (Å²) in [7, 11) is 0. The van der Waals surface area contributed by atoms with Gasteiger partial charge in [0.15, 0.2) is 5.58 Å². The van der Waals surface area contributed by atoms with E-state index in [1.807, 2.05) is 48.5 Å². The highest BCUT2D eigenvalue weighted by atomic mass is 32.2. The molecule has 4 aromatic rings. The summed E-state index contributed by atoms with van der Waals surface area (Å²) in [6, 6.07) is 15.5. The number of imidazole rings is 1. The second-order valence-electron chi connectivity index (χ2n) is 5.83. The normalized spacial score (nSPS) is 13.7. The molecule has 0 unspecified atom stereocenters. The number of hydrogen-bond acceptors (Lipinski definition) is 5. The molecule has 2 aromatic carbocycles. The van der Waals surface area contributed by atoms with Crippen LogP contribution in [0.25, 0.3) is 22.1 Å². The molecule has 0 atom stereocenters. The minimum Gasteiger partial charge on any atom is -0.431 e. The summed E-state index contributed by atoms with van der Waals surface area (Å²) in [5.74, 6) is 1.02. The first kappa shape index (κ1) is 14.5. The number of thioether (sulfide) groups is 1. The number of hydrogen-bond donors (Lipinski definition) is 0. The van der Waals surface area contributed by atoms with Gasteiger partial charge in [-0.2, -0.15) is 0 Å². The molecule has 25 heavy (non-hydrogen) atoms. The topological polar surface area (TPSA) is 64.2 Å². The van der Waals surface area contributed by atoms with Crippen LogP contribution in [0.4, 0.5) is 5.95 Å². The molecule has 0 fully saturated rings. The van der Waals surface area contributed by atoms with Crippen molar-refractivity contribution in [1.29, 1.82) is 0 Å². The van der Waals surface area contributed by atoms with Crippen molar-refractivity contribution in [3.05, 3.63) is 48.5 Å². The highest BCUT2D eigenvalue weighted by Gasteiger charge is 2.28. The zero-order chi connectivity index (χ0) is 16.8.